The van der Waals surface area contributed by atoms with Crippen LogP contribution in [0.5, 0.6) is 0 Å². The van der Waals surface area contributed by atoms with Crippen LogP contribution in [0.3, 0.4) is 0 Å². The standard InChI is InChI=1S/C13H21N3O/c1-5-13(4)9-16(6-7-17-13)12-8-10(2)11(3)14-15-12/h8H,5-7,9H2,1-4H3. The first-order chi connectivity index (χ1) is 8.04. The van der Waals surface area contributed by atoms with Crippen LogP contribution in [0.15, 0.2) is 6.07 Å². The molecule has 1 saturated heterocycles. The molecule has 1 unspecified atom stereocenters. The number of aromatic nitrogens is 2. The highest BCUT2D eigenvalue weighted by atomic mass is 16.5. The van der Waals surface area contributed by atoms with Gasteiger partial charge in [0.25, 0.3) is 0 Å². The maximum Gasteiger partial charge on any atom is 0.151 e. The van der Waals surface area contributed by atoms with E-state index >= 15 is 0 Å². The van der Waals surface area contributed by atoms with Gasteiger partial charge in [0, 0.05) is 13.1 Å². The molecule has 2 heterocycles. The molecule has 1 fully saturated rings. The lowest BCUT2D eigenvalue weighted by molar-refractivity contribution is -0.0443. The Morgan fingerprint density at radius 1 is 1.41 bits per heavy atom. The van der Waals surface area contributed by atoms with Crippen LogP contribution in [0, 0.1) is 13.8 Å². The molecule has 1 aromatic heterocycles. The molecule has 1 aliphatic heterocycles. The van der Waals surface area contributed by atoms with E-state index in [2.05, 4.69) is 41.9 Å². The minimum Gasteiger partial charge on any atom is -0.372 e. The van der Waals surface area contributed by atoms with Gasteiger partial charge in [0.05, 0.1) is 17.9 Å². The average Bonchev–Trinajstić information content (AvgIpc) is 2.33. The van der Waals surface area contributed by atoms with E-state index in [1.165, 1.54) is 5.56 Å². The first-order valence-corrected chi connectivity index (χ1v) is 6.24. The van der Waals surface area contributed by atoms with Crippen LogP contribution in [0.2, 0.25) is 0 Å². The number of hydrogen-bond acceptors (Lipinski definition) is 4. The summed E-state index contributed by atoms with van der Waals surface area (Å²) in [5, 5.41) is 8.48. The highest BCUT2D eigenvalue weighted by Gasteiger charge is 2.31. The molecule has 94 valence electrons. The van der Waals surface area contributed by atoms with Crippen molar-refractivity contribution in [3.05, 3.63) is 17.3 Å². The Bertz CT molecular complexity index is 408. The van der Waals surface area contributed by atoms with E-state index in [0.717, 1.165) is 37.6 Å². The highest BCUT2D eigenvalue weighted by molar-refractivity contribution is 5.41. The lowest BCUT2D eigenvalue weighted by Crippen LogP contribution is -2.50. The van der Waals surface area contributed by atoms with E-state index in [9.17, 15) is 0 Å². The Hall–Kier alpha value is -1.16. The van der Waals surface area contributed by atoms with Crippen molar-refractivity contribution < 1.29 is 4.74 Å². The molecule has 0 N–H and O–H groups in total. The van der Waals surface area contributed by atoms with Crippen LogP contribution in [0.1, 0.15) is 31.5 Å². The second-order valence-electron chi connectivity index (χ2n) is 5.04. The smallest absolute Gasteiger partial charge is 0.151 e. The number of aryl methyl sites for hydroxylation is 2. The van der Waals surface area contributed by atoms with E-state index in [4.69, 9.17) is 4.74 Å². The van der Waals surface area contributed by atoms with Gasteiger partial charge in [-0.3, -0.25) is 0 Å². The summed E-state index contributed by atoms with van der Waals surface area (Å²) in [5.41, 5.74) is 2.14. The Morgan fingerprint density at radius 2 is 2.18 bits per heavy atom. The van der Waals surface area contributed by atoms with Gasteiger partial charge in [0.1, 0.15) is 0 Å². The Balaban J connectivity index is 2.19. The number of rotatable bonds is 2. The lowest BCUT2D eigenvalue weighted by atomic mass is 10.0. The van der Waals surface area contributed by atoms with Crippen LogP contribution in [0.4, 0.5) is 5.82 Å². The molecule has 0 aromatic carbocycles. The van der Waals surface area contributed by atoms with Crippen molar-refractivity contribution in [1.82, 2.24) is 10.2 Å². The van der Waals surface area contributed by atoms with Crippen molar-refractivity contribution in [3.63, 3.8) is 0 Å². The first kappa shape index (κ1) is 12.3. The molecule has 0 amide bonds. The molecule has 4 nitrogen and oxygen atoms in total. The van der Waals surface area contributed by atoms with Crippen LogP contribution in [-0.2, 0) is 4.74 Å². The maximum absolute atomic E-state index is 5.83. The number of ether oxygens (including phenoxy) is 1. The van der Waals surface area contributed by atoms with Gasteiger partial charge in [-0.25, -0.2) is 0 Å². The average molecular weight is 235 g/mol. The van der Waals surface area contributed by atoms with Crippen LogP contribution >= 0.6 is 0 Å². The van der Waals surface area contributed by atoms with Gasteiger partial charge in [-0.15, -0.1) is 5.10 Å². The van der Waals surface area contributed by atoms with E-state index in [1.807, 2.05) is 6.92 Å². The summed E-state index contributed by atoms with van der Waals surface area (Å²) < 4.78 is 5.83. The van der Waals surface area contributed by atoms with Crippen molar-refractivity contribution in [2.24, 2.45) is 0 Å². The fourth-order valence-electron chi connectivity index (χ4n) is 2.03. The first-order valence-electron chi connectivity index (χ1n) is 6.24. The van der Waals surface area contributed by atoms with Gasteiger partial charge in [-0.1, -0.05) is 6.92 Å². The van der Waals surface area contributed by atoms with Crippen LogP contribution in [0.25, 0.3) is 0 Å². The zero-order chi connectivity index (χ0) is 12.5. The SMILES string of the molecule is CCC1(C)CN(c2cc(C)c(C)nn2)CCO1. The minimum absolute atomic E-state index is 0.0568. The fourth-order valence-corrected chi connectivity index (χ4v) is 2.03. The molecule has 1 atom stereocenters. The van der Waals surface area contributed by atoms with Crippen LogP contribution < -0.4 is 4.90 Å². The van der Waals surface area contributed by atoms with E-state index in [1.54, 1.807) is 0 Å². The van der Waals surface area contributed by atoms with Crippen LogP contribution in [-0.4, -0.2) is 35.5 Å². The quantitative estimate of drug-likeness (QED) is 0.787. The molecular weight excluding hydrogens is 214 g/mol. The van der Waals surface area contributed by atoms with Crippen molar-refractivity contribution in [3.8, 4) is 0 Å². The molecule has 0 saturated carbocycles. The summed E-state index contributed by atoms with van der Waals surface area (Å²) in [4.78, 5) is 2.27. The zero-order valence-corrected chi connectivity index (χ0v) is 11.2. The molecule has 1 aliphatic rings. The third kappa shape index (κ3) is 2.57. The monoisotopic (exact) mass is 235 g/mol. The zero-order valence-electron chi connectivity index (χ0n) is 11.2. The minimum atomic E-state index is -0.0568. The Labute approximate surface area is 103 Å². The molecule has 0 spiro atoms. The van der Waals surface area contributed by atoms with E-state index < -0.39 is 0 Å². The van der Waals surface area contributed by atoms with Crippen molar-refractivity contribution in [2.75, 3.05) is 24.6 Å². The van der Waals surface area contributed by atoms with Crippen molar-refractivity contribution >= 4 is 5.82 Å². The fraction of sp³-hybridized carbons (Fsp3) is 0.692. The van der Waals surface area contributed by atoms with Crippen molar-refractivity contribution in [1.29, 1.82) is 0 Å². The highest BCUT2D eigenvalue weighted by Crippen LogP contribution is 2.24. The van der Waals surface area contributed by atoms with Gasteiger partial charge in [0.2, 0.25) is 0 Å². The summed E-state index contributed by atoms with van der Waals surface area (Å²) in [7, 11) is 0. The normalized spacial score (nSPS) is 25.1. The van der Waals surface area contributed by atoms with Crippen molar-refractivity contribution in [2.45, 2.75) is 39.7 Å². The van der Waals surface area contributed by atoms with Gasteiger partial charge >= 0.3 is 0 Å². The number of morpholine rings is 1. The summed E-state index contributed by atoms with van der Waals surface area (Å²) >= 11 is 0. The predicted octanol–water partition coefficient (Wildman–Crippen LogP) is 2.10. The van der Waals surface area contributed by atoms with Gasteiger partial charge in [0.15, 0.2) is 5.82 Å². The number of anilines is 1. The molecule has 0 radical (unpaired) electrons. The second-order valence-corrected chi connectivity index (χ2v) is 5.04. The third-order valence-electron chi connectivity index (χ3n) is 3.63. The largest absolute Gasteiger partial charge is 0.372 e. The molecule has 2 rings (SSSR count). The van der Waals surface area contributed by atoms with E-state index in [0.29, 0.717) is 0 Å². The van der Waals surface area contributed by atoms with Gasteiger partial charge < -0.3 is 9.64 Å². The molecule has 4 heteroatoms. The second kappa shape index (κ2) is 4.61. The molecule has 17 heavy (non-hydrogen) atoms. The lowest BCUT2D eigenvalue weighted by Gasteiger charge is -2.40. The molecule has 1 aromatic rings. The predicted molar refractivity (Wildman–Crippen MR) is 68.4 cm³/mol. The summed E-state index contributed by atoms with van der Waals surface area (Å²) in [6.45, 7) is 10.9. The molecular formula is C13H21N3O. The number of nitrogens with zero attached hydrogens (tertiary/aromatic N) is 3. The van der Waals surface area contributed by atoms with E-state index in [-0.39, 0.29) is 5.60 Å². The summed E-state index contributed by atoms with van der Waals surface area (Å²) in [6, 6.07) is 2.11. The summed E-state index contributed by atoms with van der Waals surface area (Å²) in [6.07, 6.45) is 1.02. The number of hydrogen-bond donors (Lipinski definition) is 0. The van der Waals surface area contributed by atoms with Gasteiger partial charge in [-0.2, -0.15) is 5.10 Å². The Kier molecular flexibility index (Phi) is 3.33. The Morgan fingerprint density at radius 3 is 2.82 bits per heavy atom. The topological polar surface area (TPSA) is 38.2 Å². The summed E-state index contributed by atoms with van der Waals surface area (Å²) in [5.74, 6) is 0.969. The van der Waals surface area contributed by atoms with Gasteiger partial charge in [-0.05, 0) is 38.8 Å². The molecule has 0 aliphatic carbocycles. The molecule has 0 bridgehead atoms. The third-order valence-corrected chi connectivity index (χ3v) is 3.63. The maximum atomic E-state index is 5.83.